The standard InChI is InChI=1S/C40H35N3O5.C2H5NO2/c1-3-42(26-28-12-6-4-7-13-28)30-18-20-34-36(24-30)47-37-25-31(43(22-23-46-39(45)41-2)27-29-14-8-5-9-15-29)19-21-35(37)40(34)33-17-11-10-16-32(33)38(44)48-40;1-3-2(4)5/h3-21,24-25H,1,22-23,26-27H2,2H3,(H,41,45);3H,1H3,(H,4,5). The minimum atomic E-state index is -1.20. The number of benzene rings is 5. The lowest BCUT2D eigenvalue weighted by atomic mass is 9.77. The number of rotatable bonds is 10. The van der Waals surface area contributed by atoms with Crippen LogP contribution in [-0.2, 0) is 28.2 Å². The van der Waals surface area contributed by atoms with E-state index in [0.29, 0.717) is 36.7 Å². The number of carboxylic acid groups (broad SMARTS) is 1. The third kappa shape index (κ3) is 7.64. The summed E-state index contributed by atoms with van der Waals surface area (Å²) in [6.07, 6.45) is 0.317. The molecule has 53 heavy (non-hydrogen) atoms. The number of ether oxygens (including phenoxy) is 3. The van der Waals surface area contributed by atoms with Gasteiger partial charge in [-0.15, -0.1) is 0 Å². The van der Waals surface area contributed by atoms with Crippen molar-refractivity contribution in [3.05, 3.63) is 167 Å². The molecule has 11 heteroatoms. The Labute approximate surface area is 308 Å². The van der Waals surface area contributed by atoms with Crippen LogP contribution < -0.4 is 25.2 Å². The highest BCUT2D eigenvalue weighted by Crippen LogP contribution is 2.57. The minimum absolute atomic E-state index is 0.185. The summed E-state index contributed by atoms with van der Waals surface area (Å²) in [4.78, 5) is 38.7. The van der Waals surface area contributed by atoms with Crippen molar-refractivity contribution in [2.45, 2.75) is 18.7 Å². The molecular weight excluding hydrogens is 672 g/mol. The number of nitrogens with zero attached hydrogens (tertiary/aromatic N) is 2. The van der Waals surface area contributed by atoms with Crippen LogP contribution in [0.4, 0.5) is 21.0 Å². The van der Waals surface area contributed by atoms with Crippen molar-refractivity contribution in [1.82, 2.24) is 10.6 Å². The highest BCUT2D eigenvalue weighted by atomic mass is 16.6. The van der Waals surface area contributed by atoms with Crippen LogP contribution in [0.2, 0.25) is 0 Å². The smallest absolute Gasteiger partial charge is 0.406 e. The summed E-state index contributed by atoms with van der Waals surface area (Å²) in [5.74, 6) is 0.769. The van der Waals surface area contributed by atoms with Gasteiger partial charge < -0.3 is 39.8 Å². The van der Waals surface area contributed by atoms with E-state index in [1.54, 1.807) is 12.3 Å². The van der Waals surface area contributed by atoms with Crippen molar-refractivity contribution in [3.63, 3.8) is 0 Å². The lowest BCUT2D eigenvalue weighted by molar-refractivity contribution is 0.0224. The first-order valence-electron chi connectivity index (χ1n) is 17.0. The van der Waals surface area contributed by atoms with Gasteiger partial charge in [-0.25, -0.2) is 14.4 Å². The fraction of sp³-hybridized carbons (Fsp3) is 0.167. The number of fused-ring (bicyclic) bond motifs is 6. The van der Waals surface area contributed by atoms with Crippen LogP contribution in [0.1, 0.15) is 38.2 Å². The van der Waals surface area contributed by atoms with Gasteiger partial charge in [0.25, 0.3) is 0 Å². The fourth-order valence-electron chi connectivity index (χ4n) is 6.49. The average Bonchev–Trinajstić information content (AvgIpc) is 3.49. The second kappa shape index (κ2) is 16.1. The second-order valence-corrected chi connectivity index (χ2v) is 12.2. The number of carbonyl (C=O) groups is 3. The zero-order valence-corrected chi connectivity index (χ0v) is 29.5. The van der Waals surface area contributed by atoms with E-state index < -0.39 is 17.8 Å². The van der Waals surface area contributed by atoms with E-state index in [9.17, 15) is 14.4 Å². The Bertz CT molecular complexity index is 2110. The number of hydrogen-bond acceptors (Lipinski definition) is 8. The van der Waals surface area contributed by atoms with Gasteiger partial charge in [-0.05, 0) is 47.7 Å². The van der Waals surface area contributed by atoms with Crippen molar-refractivity contribution >= 4 is 29.5 Å². The normalized spacial score (nSPS) is 14.5. The highest BCUT2D eigenvalue weighted by molar-refractivity contribution is 5.97. The Morgan fingerprint density at radius 2 is 1.34 bits per heavy atom. The molecule has 270 valence electrons. The molecule has 11 nitrogen and oxygen atoms in total. The van der Waals surface area contributed by atoms with E-state index >= 15 is 0 Å². The third-order valence-electron chi connectivity index (χ3n) is 9.02. The first-order chi connectivity index (χ1) is 25.8. The molecule has 7 rings (SSSR count). The fourth-order valence-corrected chi connectivity index (χ4v) is 6.49. The van der Waals surface area contributed by atoms with E-state index in [1.807, 2.05) is 96.3 Å². The molecule has 2 aliphatic rings. The summed E-state index contributed by atoms with van der Waals surface area (Å²) in [6.45, 7) is 5.90. The van der Waals surface area contributed by atoms with E-state index in [0.717, 1.165) is 39.2 Å². The van der Waals surface area contributed by atoms with Crippen LogP contribution >= 0.6 is 0 Å². The summed E-state index contributed by atoms with van der Waals surface area (Å²) in [5.41, 5.74) is 5.57. The molecule has 0 radical (unpaired) electrons. The summed E-state index contributed by atoms with van der Waals surface area (Å²) in [7, 11) is 2.89. The molecule has 2 amide bonds. The number of alkyl carbamates (subject to hydrolysis) is 1. The highest BCUT2D eigenvalue weighted by Gasteiger charge is 2.53. The first kappa shape index (κ1) is 36.1. The maximum atomic E-state index is 13.4. The van der Waals surface area contributed by atoms with Gasteiger partial charge in [-0.3, -0.25) is 0 Å². The quantitative estimate of drug-likeness (QED) is 0.125. The first-order valence-corrected chi connectivity index (χ1v) is 17.0. The summed E-state index contributed by atoms with van der Waals surface area (Å²) in [5, 5.41) is 12.1. The number of hydrogen-bond donors (Lipinski definition) is 3. The predicted octanol–water partition coefficient (Wildman–Crippen LogP) is 7.65. The molecule has 5 aromatic carbocycles. The lowest BCUT2D eigenvalue weighted by Crippen LogP contribution is -2.34. The molecule has 1 spiro atoms. The SMILES string of the molecule is C=CN(Cc1ccccc1)c1ccc2c(c1)Oc1cc(N(CCOC(=O)NC)Cc3ccccc3)ccc1C21OC(=O)c2ccccc21.CNC(=O)O. The average molecular weight is 713 g/mol. The molecule has 1 unspecified atom stereocenters. The van der Waals surface area contributed by atoms with Crippen LogP contribution in [0.25, 0.3) is 0 Å². The Morgan fingerprint density at radius 1 is 0.774 bits per heavy atom. The molecule has 0 aliphatic carbocycles. The van der Waals surface area contributed by atoms with Gasteiger partial charge in [0.15, 0.2) is 5.60 Å². The van der Waals surface area contributed by atoms with Crippen LogP contribution in [0.5, 0.6) is 11.5 Å². The minimum Gasteiger partial charge on any atom is -0.465 e. The van der Waals surface area contributed by atoms with Gasteiger partial charge in [0.1, 0.15) is 18.1 Å². The Morgan fingerprint density at radius 3 is 1.94 bits per heavy atom. The monoisotopic (exact) mass is 712 g/mol. The van der Waals surface area contributed by atoms with Gasteiger partial charge >= 0.3 is 18.2 Å². The van der Waals surface area contributed by atoms with Gasteiger partial charge in [0, 0.05) is 67.4 Å². The maximum Gasteiger partial charge on any atom is 0.406 e. The van der Waals surface area contributed by atoms with Crippen molar-refractivity contribution in [1.29, 1.82) is 0 Å². The van der Waals surface area contributed by atoms with Crippen LogP contribution in [0.3, 0.4) is 0 Å². The summed E-state index contributed by atoms with van der Waals surface area (Å²) >= 11 is 0. The summed E-state index contributed by atoms with van der Waals surface area (Å²) in [6, 6.07) is 39.7. The number of anilines is 2. The molecule has 2 aliphatic heterocycles. The second-order valence-electron chi connectivity index (χ2n) is 12.2. The lowest BCUT2D eigenvalue weighted by Gasteiger charge is -2.38. The Balaban J connectivity index is 0.000000902. The summed E-state index contributed by atoms with van der Waals surface area (Å²) < 4.78 is 18.5. The Hall–Kier alpha value is -6.75. The van der Waals surface area contributed by atoms with E-state index in [1.165, 1.54) is 14.1 Å². The zero-order chi connectivity index (χ0) is 37.4. The third-order valence-corrected chi connectivity index (χ3v) is 9.02. The molecule has 0 saturated heterocycles. The maximum absolute atomic E-state index is 13.4. The van der Waals surface area contributed by atoms with Gasteiger partial charge in [0.05, 0.1) is 12.1 Å². The Kier molecular flexibility index (Phi) is 10.9. The van der Waals surface area contributed by atoms with Gasteiger partial charge in [-0.1, -0.05) is 85.4 Å². The van der Waals surface area contributed by atoms with Crippen LogP contribution in [0, 0.1) is 0 Å². The molecule has 0 saturated carbocycles. The number of nitrogens with one attached hydrogen (secondary N) is 2. The zero-order valence-electron chi connectivity index (χ0n) is 29.5. The van der Waals surface area contributed by atoms with E-state index in [2.05, 4.69) is 46.0 Å². The van der Waals surface area contributed by atoms with E-state index in [-0.39, 0.29) is 12.6 Å². The van der Waals surface area contributed by atoms with Crippen molar-refractivity contribution in [2.75, 3.05) is 37.0 Å². The van der Waals surface area contributed by atoms with Crippen molar-refractivity contribution in [3.8, 4) is 11.5 Å². The molecule has 0 aromatic heterocycles. The molecule has 0 fully saturated rings. The molecule has 0 bridgehead atoms. The van der Waals surface area contributed by atoms with Crippen LogP contribution in [0.15, 0.2) is 134 Å². The largest absolute Gasteiger partial charge is 0.465 e. The molecule has 5 aromatic rings. The predicted molar refractivity (Wildman–Crippen MR) is 203 cm³/mol. The molecule has 1 atom stereocenters. The number of esters is 1. The molecule has 2 heterocycles. The number of amides is 2. The van der Waals surface area contributed by atoms with Gasteiger partial charge in [-0.2, -0.15) is 0 Å². The van der Waals surface area contributed by atoms with Crippen molar-refractivity contribution in [2.24, 2.45) is 0 Å². The topological polar surface area (TPSA) is 130 Å². The van der Waals surface area contributed by atoms with E-state index in [4.69, 9.17) is 19.3 Å². The van der Waals surface area contributed by atoms with Crippen LogP contribution in [-0.4, -0.2) is 50.5 Å². The van der Waals surface area contributed by atoms with Crippen molar-refractivity contribution < 1.29 is 33.7 Å². The molecule has 3 N–H and O–H groups in total. The number of carbonyl (C=O) groups excluding carboxylic acids is 2. The molecular formula is C42H40N4O7. The van der Waals surface area contributed by atoms with Gasteiger partial charge in [0.2, 0.25) is 0 Å².